The lowest BCUT2D eigenvalue weighted by atomic mass is 9.90. The van der Waals surface area contributed by atoms with Crippen LogP contribution in [-0.4, -0.2) is 61.2 Å². The number of rotatable bonds is 9. The highest BCUT2D eigenvalue weighted by Crippen LogP contribution is 2.34. The van der Waals surface area contributed by atoms with Gasteiger partial charge in [-0.1, -0.05) is 6.92 Å². The quantitative estimate of drug-likeness (QED) is 0.177. The van der Waals surface area contributed by atoms with Gasteiger partial charge in [0.05, 0.1) is 24.0 Å². The van der Waals surface area contributed by atoms with Crippen molar-refractivity contribution in [2.24, 2.45) is 9.98 Å². The van der Waals surface area contributed by atoms with Gasteiger partial charge in [-0.3, -0.25) is 9.67 Å². The average Bonchev–Trinajstić information content (AvgIpc) is 3.45. The molecule has 3 rings (SSSR count). The van der Waals surface area contributed by atoms with E-state index in [0.29, 0.717) is 23.3 Å². The van der Waals surface area contributed by atoms with Gasteiger partial charge in [0.25, 0.3) is 0 Å². The molecule has 0 radical (unpaired) electrons. The molecule has 13 heteroatoms. The summed E-state index contributed by atoms with van der Waals surface area (Å²) in [6.07, 6.45) is 2.46. The molecular weight excluding hydrogens is 537 g/mol. The van der Waals surface area contributed by atoms with Gasteiger partial charge < -0.3 is 14.8 Å². The van der Waals surface area contributed by atoms with Crippen molar-refractivity contribution < 1.29 is 22.6 Å². The first-order valence-electron chi connectivity index (χ1n) is 13.3. The maximum atomic E-state index is 13.2. The Morgan fingerprint density at radius 2 is 1.78 bits per heavy atom. The van der Waals surface area contributed by atoms with Crippen molar-refractivity contribution in [1.29, 1.82) is 0 Å². The predicted molar refractivity (Wildman–Crippen MR) is 154 cm³/mol. The second-order valence-electron chi connectivity index (χ2n) is 11.5. The number of alkyl halides is 3. The Hall–Kier alpha value is -3.90. The number of fused-ring (bicyclic) bond motifs is 1. The summed E-state index contributed by atoms with van der Waals surface area (Å²) >= 11 is 0. The fourth-order valence-electron chi connectivity index (χ4n) is 4.21. The van der Waals surface area contributed by atoms with Gasteiger partial charge in [-0.15, -0.1) is 0 Å². The van der Waals surface area contributed by atoms with E-state index in [-0.39, 0.29) is 23.3 Å². The SMILES string of the molecule is C=C(/N=C(\N=CC(C(CC)c1cnc2cnn(CC(F)(F)F)c2c1)n1nccc1NC)OC(C)(C)C)OC(C)(C)C. The molecule has 0 aliphatic heterocycles. The molecule has 3 aromatic rings. The van der Waals surface area contributed by atoms with Crippen molar-refractivity contribution in [2.45, 2.75) is 90.8 Å². The molecule has 0 bridgehead atoms. The van der Waals surface area contributed by atoms with Gasteiger partial charge in [-0.25, -0.2) is 9.67 Å². The number of hydrogen-bond acceptors (Lipinski definition) is 7. The number of pyridine rings is 1. The zero-order chi connectivity index (χ0) is 30.6. The van der Waals surface area contributed by atoms with Gasteiger partial charge in [-0.05, 0) is 66.2 Å². The number of amidine groups is 1. The molecule has 224 valence electrons. The fraction of sp³-hybridized carbons (Fsp3) is 0.536. The number of aromatic nitrogens is 5. The summed E-state index contributed by atoms with van der Waals surface area (Å²) in [5, 5.41) is 11.5. The summed E-state index contributed by atoms with van der Waals surface area (Å²) in [5.41, 5.74) is 0.226. The van der Waals surface area contributed by atoms with Crippen LogP contribution in [0.5, 0.6) is 0 Å². The van der Waals surface area contributed by atoms with Gasteiger partial charge in [0.1, 0.15) is 29.1 Å². The summed E-state index contributed by atoms with van der Waals surface area (Å²) < 4.78 is 54.0. The first kappa shape index (κ1) is 31.6. The second-order valence-corrected chi connectivity index (χ2v) is 11.5. The molecule has 2 unspecified atom stereocenters. The Morgan fingerprint density at radius 3 is 2.37 bits per heavy atom. The molecule has 3 heterocycles. The summed E-state index contributed by atoms with van der Waals surface area (Å²) in [6, 6.07) is 3.05. The minimum Gasteiger partial charge on any atom is -0.472 e. The minimum atomic E-state index is -4.42. The largest absolute Gasteiger partial charge is 0.472 e. The normalized spacial score (nSPS) is 14.9. The Kier molecular flexibility index (Phi) is 9.50. The number of halogens is 3. The lowest BCUT2D eigenvalue weighted by Gasteiger charge is -2.26. The van der Waals surface area contributed by atoms with E-state index in [1.54, 1.807) is 36.4 Å². The molecule has 2 atom stereocenters. The number of aliphatic imine (C=N–C) groups is 2. The molecule has 0 saturated carbocycles. The first-order chi connectivity index (χ1) is 19.0. The number of ether oxygens (including phenoxy) is 2. The van der Waals surface area contributed by atoms with Gasteiger partial charge in [0, 0.05) is 31.4 Å². The van der Waals surface area contributed by atoms with Crippen molar-refractivity contribution in [3.05, 3.63) is 48.7 Å². The molecule has 0 saturated heterocycles. The van der Waals surface area contributed by atoms with Crippen molar-refractivity contribution in [3.63, 3.8) is 0 Å². The van der Waals surface area contributed by atoms with E-state index in [2.05, 4.69) is 37.1 Å². The number of nitrogens with zero attached hydrogens (tertiary/aromatic N) is 7. The predicted octanol–water partition coefficient (Wildman–Crippen LogP) is 6.49. The first-order valence-corrected chi connectivity index (χ1v) is 13.3. The third kappa shape index (κ3) is 9.05. The molecule has 0 spiro atoms. The molecule has 41 heavy (non-hydrogen) atoms. The van der Waals surface area contributed by atoms with Crippen LogP contribution >= 0.6 is 0 Å². The Morgan fingerprint density at radius 1 is 1.10 bits per heavy atom. The number of anilines is 1. The van der Waals surface area contributed by atoms with E-state index in [9.17, 15) is 13.2 Å². The highest BCUT2D eigenvalue weighted by molar-refractivity contribution is 5.86. The van der Waals surface area contributed by atoms with Crippen molar-refractivity contribution in [3.8, 4) is 0 Å². The highest BCUT2D eigenvalue weighted by atomic mass is 19.4. The molecule has 0 fully saturated rings. The Bertz CT molecular complexity index is 1390. The van der Waals surface area contributed by atoms with E-state index < -0.39 is 30.0 Å². The lowest BCUT2D eigenvalue weighted by molar-refractivity contribution is -0.141. The van der Waals surface area contributed by atoms with Crippen molar-refractivity contribution in [1.82, 2.24) is 24.5 Å². The van der Waals surface area contributed by atoms with Crippen molar-refractivity contribution in [2.75, 3.05) is 12.4 Å². The average molecular weight is 577 g/mol. The van der Waals surface area contributed by atoms with Crippen LogP contribution < -0.4 is 5.32 Å². The minimum absolute atomic E-state index is 0.0431. The van der Waals surface area contributed by atoms with Crippen LogP contribution in [0, 0.1) is 0 Å². The zero-order valence-corrected chi connectivity index (χ0v) is 24.8. The molecule has 3 aromatic heterocycles. The topological polar surface area (TPSA) is 104 Å². The van der Waals surface area contributed by atoms with Crippen LogP contribution in [-0.2, 0) is 16.0 Å². The standard InChI is InChI=1S/C28H39F3N8O2/c1-10-20(19-13-22-21(33-14-19)15-36-38(22)17-28(29,30)31)23(39-24(32-9)11-12-35-39)16-34-25(41-27(6,7)8)37-18(2)40-26(3,4)5/h11-16,20,23,32H,2,10,17H2,1,3-9H3/b34-16?,37-25+. The zero-order valence-electron chi connectivity index (χ0n) is 24.8. The summed E-state index contributed by atoms with van der Waals surface area (Å²) in [7, 11) is 1.77. The molecule has 0 aliphatic rings. The van der Waals surface area contributed by atoms with Crippen molar-refractivity contribution >= 4 is 29.1 Å². The van der Waals surface area contributed by atoms with Crippen LogP contribution in [0.2, 0.25) is 0 Å². The van der Waals surface area contributed by atoms with E-state index in [0.717, 1.165) is 4.68 Å². The van der Waals surface area contributed by atoms with Gasteiger partial charge in [0.2, 0.25) is 5.88 Å². The molecule has 1 N–H and O–H groups in total. The molecular formula is C28H39F3N8O2. The smallest absolute Gasteiger partial charge is 0.408 e. The van der Waals surface area contributed by atoms with Crippen LogP contribution in [0.3, 0.4) is 0 Å². The highest BCUT2D eigenvalue weighted by Gasteiger charge is 2.30. The van der Waals surface area contributed by atoms with Crippen LogP contribution in [0.1, 0.15) is 72.4 Å². The number of hydrogen-bond donors (Lipinski definition) is 1. The van der Waals surface area contributed by atoms with Crippen LogP contribution in [0.4, 0.5) is 19.0 Å². The van der Waals surface area contributed by atoms with E-state index in [1.165, 1.54) is 6.20 Å². The second kappa shape index (κ2) is 12.3. The fourth-order valence-corrected chi connectivity index (χ4v) is 4.21. The summed E-state index contributed by atoms with van der Waals surface area (Å²) in [4.78, 5) is 13.4. The monoisotopic (exact) mass is 576 g/mol. The maximum Gasteiger partial charge on any atom is 0.408 e. The lowest BCUT2D eigenvalue weighted by Crippen LogP contribution is -2.26. The molecule has 0 aromatic carbocycles. The van der Waals surface area contributed by atoms with E-state index in [1.807, 2.05) is 54.5 Å². The van der Waals surface area contributed by atoms with Crippen LogP contribution in [0.25, 0.3) is 11.0 Å². The summed E-state index contributed by atoms with van der Waals surface area (Å²) in [5.74, 6) is 0.564. The molecule has 0 aliphatic carbocycles. The molecule has 0 amide bonds. The Labute approximate surface area is 238 Å². The number of nitrogens with one attached hydrogen (secondary N) is 1. The van der Waals surface area contributed by atoms with Gasteiger partial charge >= 0.3 is 12.2 Å². The third-order valence-corrected chi connectivity index (χ3v) is 5.71. The van der Waals surface area contributed by atoms with E-state index >= 15 is 0 Å². The third-order valence-electron chi connectivity index (χ3n) is 5.71. The van der Waals surface area contributed by atoms with Gasteiger partial charge in [-0.2, -0.15) is 28.4 Å². The Balaban J connectivity index is 2.10. The summed E-state index contributed by atoms with van der Waals surface area (Å²) in [6.45, 7) is 15.9. The van der Waals surface area contributed by atoms with Gasteiger partial charge in [0.15, 0.2) is 0 Å². The van der Waals surface area contributed by atoms with Crippen LogP contribution in [0.15, 0.2) is 53.2 Å². The maximum absolute atomic E-state index is 13.2. The molecule has 10 nitrogen and oxygen atoms in total. The van der Waals surface area contributed by atoms with E-state index in [4.69, 9.17) is 9.47 Å².